The largest absolute Gasteiger partial charge is 0.397 e. The molecule has 2 aromatic heterocycles. The zero-order valence-corrected chi connectivity index (χ0v) is 17.7. The third-order valence-corrected chi connectivity index (χ3v) is 5.91. The highest BCUT2D eigenvalue weighted by atomic mass is 16.1. The maximum Gasteiger partial charge on any atom is 0.194 e. The van der Waals surface area contributed by atoms with Crippen LogP contribution in [0.5, 0.6) is 0 Å². The summed E-state index contributed by atoms with van der Waals surface area (Å²) in [5.74, 6) is -0.0495. The fraction of sp³-hybridized carbons (Fsp3) is 0.160. The first-order valence-electron chi connectivity index (χ1n) is 9.87. The first-order valence-corrected chi connectivity index (χ1v) is 9.87. The van der Waals surface area contributed by atoms with Crippen molar-refractivity contribution in [2.45, 2.75) is 13.8 Å². The molecule has 4 N–H and O–H groups in total. The number of ketones is 1. The summed E-state index contributed by atoms with van der Waals surface area (Å²) in [6.45, 7) is 4.02. The molecule has 0 saturated heterocycles. The Morgan fingerprint density at radius 1 is 0.700 bits per heavy atom. The summed E-state index contributed by atoms with van der Waals surface area (Å²) in [4.78, 5) is 13.8. The van der Waals surface area contributed by atoms with E-state index in [2.05, 4.69) is 0 Å². The van der Waals surface area contributed by atoms with Gasteiger partial charge in [0, 0.05) is 60.1 Å². The van der Waals surface area contributed by atoms with Gasteiger partial charge in [-0.3, -0.25) is 4.79 Å². The van der Waals surface area contributed by atoms with E-state index in [0.29, 0.717) is 22.5 Å². The molecule has 0 fully saturated rings. The molecule has 152 valence electrons. The molecule has 0 aliphatic heterocycles. The molecule has 0 amide bonds. The molecule has 2 heterocycles. The lowest BCUT2D eigenvalue weighted by Gasteiger charge is -2.14. The molecule has 0 radical (unpaired) electrons. The van der Waals surface area contributed by atoms with Gasteiger partial charge in [-0.2, -0.15) is 0 Å². The standard InChI is InChI=1S/C25H26N4O/c1-15-23(21(26)13-28(15)3)17-9-5-7-11-19(17)25(30)20-12-8-6-10-18(20)24-16(2)29(4)14-22(24)27/h5-14H,26-27H2,1-4H3. The van der Waals surface area contributed by atoms with E-state index in [1.165, 1.54) is 0 Å². The van der Waals surface area contributed by atoms with Crippen LogP contribution in [0.2, 0.25) is 0 Å². The average Bonchev–Trinajstić information content (AvgIpc) is 3.14. The zero-order chi connectivity index (χ0) is 21.6. The van der Waals surface area contributed by atoms with Crippen LogP contribution >= 0.6 is 0 Å². The molecular formula is C25H26N4O. The minimum Gasteiger partial charge on any atom is -0.397 e. The van der Waals surface area contributed by atoms with Crippen LogP contribution in [-0.2, 0) is 14.1 Å². The molecule has 0 aliphatic carbocycles. The molecule has 2 aromatic carbocycles. The van der Waals surface area contributed by atoms with Gasteiger partial charge in [0.2, 0.25) is 0 Å². The second kappa shape index (κ2) is 7.26. The average molecular weight is 399 g/mol. The summed E-state index contributed by atoms with van der Waals surface area (Å²) in [5, 5.41) is 0. The van der Waals surface area contributed by atoms with Gasteiger partial charge in [0.25, 0.3) is 0 Å². The smallest absolute Gasteiger partial charge is 0.194 e. The normalized spacial score (nSPS) is 11.1. The lowest BCUT2D eigenvalue weighted by Crippen LogP contribution is -2.07. The van der Waals surface area contributed by atoms with Gasteiger partial charge in [-0.15, -0.1) is 0 Å². The molecule has 0 spiro atoms. The minimum atomic E-state index is -0.0495. The van der Waals surface area contributed by atoms with Crippen LogP contribution in [0.1, 0.15) is 27.3 Å². The Kier molecular flexibility index (Phi) is 4.74. The van der Waals surface area contributed by atoms with Gasteiger partial charge in [0.05, 0.1) is 11.4 Å². The predicted octanol–water partition coefficient (Wildman–Crippen LogP) is 4.71. The van der Waals surface area contributed by atoms with Crippen molar-refractivity contribution in [3.05, 3.63) is 83.4 Å². The Labute approximate surface area is 176 Å². The molecule has 0 bridgehead atoms. The Hall–Kier alpha value is -3.73. The van der Waals surface area contributed by atoms with Crippen molar-refractivity contribution in [1.82, 2.24) is 9.13 Å². The fourth-order valence-electron chi connectivity index (χ4n) is 4.15. The van der Waals surface area contributed by atoms with Gasteiger partial charge in [0.15, 0.2) is 5.78 Å². The number of carbonyl (C=O) groups excluding carboxylic acids is 1. The zero-order valence-electron chi connectivity index (χ0n) is 17.7. The van der Waals surface area contributed by atoms with Crippen molar-refractivity contribution in [3.8, 4) is 22.3 Å². The maximum absolute atomic E-state index is 13.8. The number of carbonyl (C=O) groups is 1. The van der Waals surface area contributed by atoms with Crippen molar-refractivity contribution < 1.29 is 4.79 Å². The van der Waals surface area contributed by atoms with Crippen LogP contribution in [0.15, 0.2) is 60.9 Å². The monoisotopic (exact) mass is 398 g/mol. The van der Waals surface area contributed by atoms with E-state index in [-0.39, 0.29) is 5.78 Å². The first-order chi connectivity index (χ1) is 14.3. The Morgan fingerprint density at radius 3 is 1.40 bits per heavy atom. The van der Waals surface area contributed by atoms with Crippen LogP contribution in [0.3, 0.4) is 0 Å². The van der Waals surface area contributed by atoms with Crippen LogP contribution < -0.4 is 11.5 Å². The molecular weight excluding hydrogens is 372 g/mol. The van der Waals surface area contributed by atoms with E-state index < -0.39 is 0 Å². The number of hydrogen-bond acceptors (Lipinski definition) is 3. The van der Waals surface area contributed by atoms with Crippen molar-refractivity contribution in [2.75, 3.05) is 11.5 Å². The molecule has 0 unspecified atom stereocenters. The molecule has 0 saturated carbocycles. The number of benzene rings is 2. The van der Waals surface area contributed by atoms with Crippen LogP contribution in [0.4, 0.5) is 11.4 Å². The SMILES string of the molecule is Cc1c(-c2ccccc2C(=O)c2ccccc2-c2c(N)cn(C)c2C)c(N)cn1C. The van der Waals surface area contributed by atoms with Gasteiger partial charge >= 0.3 is 0 Å². The van der Waals surface area contributed by atoms with Crippen molar-refractivity contribution in [2.24, 2.45) is 14.1 Å². The third kappa shape index (κ3) is 2.99. The summed E-state index contributed by atoms with van der Waals surface area (Å²) in [5.41, 5.74) is 20.7. The van der Waals surface area contributed by atoms with Crippen LogP contribution in [0, 0.1) is 13.8 Å². The molecule has 5 heteroatoms. The number of aryl methyl sites for hydroxylation is 2. The summed E-state index contributed by atoms with van der Waals surface area (Å²) < 4.78 is 3.96. The second-order valence-corrected chi connectivity index (χ2v) is 7.73. The number of hydrogen-bond donors (Lipinski definition) is 2. The Bertz CT molecular complexity index is 1180. The third-order valence-electron chi connectivity index (χ3n) is 5.91. The van der Waals surface area contributed by atoms with Gasteiger partial charge in [-0.05, 0) is 25.0 Å². The summed E-state index contributed by atoms with van der Waals surface area (Å²) in [6.07, 6.45) is 3.77. The van der Waals surface area contributed by atoms with Crippen molar-refractivity contribution >= 4 is 17.2 Å². The minimum absolute atomic E-state index is 0.0495. The highest BCUT2D eigenvalue weighted by Crippen LogP contribution is 2.37. The number of nitrogens with two attached hydrogens (primary N) is 2. The lowest BCUT2D eigenvalue weighted by molar-refractivity contribution is 0.104. The van der Waals surface area contributed by atoms with E-state index in [0.717, 1.165) is 33.6 Å². The van der Waals surface area contributed by atoms with Crippen LogP contribution in [0.25, 0.3) is 22.3 Å². The summed E-state index contributed by atoms with van der Waals surface area (Å²) in [6, 6.07) is 15.3. The number of anilines is 2. The highest BCUT2D eigenvalue weighted by Gasteiger charge is 2.23. The first kappa shape index (κ1) is 19.6. The quantitative estimate of drug-likeness (QED) is 0.489. The Balaban J connectivity index is 1.92. The Morgan fingerprint density at radius 2 is 1.07 bits per heavy atom. The molecule has 0 atom stereocenters. The molecule has 0 aliphatic rings. The van der Waals surface area contributed by atoms with E-state index >= 15 is 0 Å². The number of nitrogen functional groups attached to an aromatic ring is 2. The second-order valence-electron chi connectivity index (χ2n) is 7.73. The van der Waals surface area contributed by atoms with E-state index in [9.17, 15) is 4.79 Å². The molecule has 5 nitrogen and oxygen atoms in total. The van der Waals surface area contributed by atoms with Crippen molar-refractivity contribution in [3.63, 3.8) is 0 Å². The topological polar surface area (TPSA) is 79.0 Å². The van der Waals surface area contributed by atoms with E-state index in [4.69, 9.17) is 11.5 Å². The lowest BCUT2D eigenvalue weighted by atomic mass is 9.89. The van der Waals surface area contributed by atoms with Gasteiger partial charge < -0.3 is 20.6 Å². The molecule has 4 aromatic rings. The predicted molar refractivity (Wildman–Crippen MR) is 123 cm³/mol. The molecule has 30 heavy (non-hydrogen) atoms. The van der Waals surface area contributed by atoms with Gasteiger partial charge in [0.1, 0.15) is 0 Å². The fourth-order valence-corrected chi connectivity index (χ4v) is 4.15. The summed E-state index contributed by atoms with van der Waals surface area (Å²) >= 11 is 0. The van der Waals surface area contributed by atoms with Gasteiger partial charge in [-0.25, -0.2) is 0 Å². The van der Waals surface area contributed by atoms with Crippen molar-refractivity contribution in [1.29, 1.82) is 0 Å². The number of rotatable bonds is 4. The van der Waals surface area contributed by atoms with E-state index in [1.807, 2.05) is 98.0 Å². The highest BCUT2D eigenvalue weighted by molar-refractivity contribution is 6.17. The van der Waals surface area contributed by atoms with Gasteiger partial charge in [-0.1, -0.05) is 48.5 Å². The molecule has 4 rings (SSSR count). The van der Waals surface area contributed by atoms with Crippen LogP contribution in [-0.4, -0.2) is 14.9 Å². The summed E-state index contributed by atoms with van der Waals surface area (Å²) in [7, 11) is 3.91. The number of aromatic nitrogens is 2. The maximum atomic E-state index is 13.8. The number of nitrogens with zero attached hydrogens (tertiary/aromatic N) is 2. The van der Waals surface area contributed by atoms with E-state index in [1.54, 1.807) is 0 Å².